The fourth-order valence-corrected chi connectivity index (χ4v) is 3.77. The van der Waals surface area contributed by atoms with Crippen LogP contribution in [-0.4, -0.2) is 33.3 Å². The van der Waals surface area contributed by atoms with Crippen LogP contribution in [0.5, 0.6) is 5.75 Å². The van der Waals surface area contributed by atoms with Crippen molar-refractivity contribution in [3.63, 3.8) is 0 Å². The van der Waals surface area contributed by atoms with E-state index in [0.717, 1.165) is 10.5 Å². The molecule has 3 aromatic rings. The average Bonchev–Trinajstić information content (AvgIpc) is 2.97. The van der Waals surface area contributed by atoms with Crippen LogP contribution in [0.4, 0.5) is 0 Å². The number of aryl methyl sites for hydroxylation is 1. The number of amides is 2. The second-order valence-corrected chi connectivity index (χ2v) is 7.39. The fraction of sp³-hybridized carbons (Fsp3) is 0.174. The second-order valence-electron chi connectivity index (χ2n) is 7.00. The molecule has 1 aliphatic heterocycles. The molecule has 7 heteroatoms. The number of hydrogen-bond donors (Lipinski definition) is 1. The van der Waals surface area contributed by atoms with Crippen molar-refractivity contribution >= 4 is 23.4 Å². The Hall–Kier alpha value is -3.22. The van der Waals surface area contributed by atoms with Crippen molar-refractivity contribution in [3.8, 4) is 5.75 Å². The van der Waals surface area contributed by atoms with Gasteiger partial charge < -0.3 is 9.84 Å². The number of aromatic nitrogens is 1. The first-order chi connectivity index (χ1) is 14.5. The number of fused-ring (bicyclic) bond motifs is 1. The first-order valence-electron chi connectivity index (χ1n) is 9.42. The van der Waals surface area contributed by atoms with Gasteiger partial charge in [0.25, 0.3) is 11.8 Å². The highest BCUT2D eigenvalue weighted by Gasteiger charge is 2.37. The van der Waals surface area contributed by atoms with Gasteiger partial charge >= 0.3 is 0 Å². The summed E-state index contributed by atoms with van der Waals surface area (Å²) >= 11 is 6.09. The zero-order valence-corrected chi connectivity index (χ0v) is 17.0. The maximum Gasteiger partial charge on any atom is 0.261 e. The molecular formula is C23H19ClN2O4. The van der Waals surface area contributed by atoms with Gasteiger partial charge in [-0.25, -0.2) is 4.98 Å². The third-order valence-corrected chi connectivity index (χ3v) is 5.18. The molecule has 0 saturated carbocycles. The number of benzene rings is 2. The van der Waals surface area contributed by atoms with Crippen LogP contribution < -0.4 is 4.74 Å². The number of nitrogens with zero attached hydrogens (tertiary/aromatic N) is 2. The van der Waals surface area contributed by atoms with Gasteiger partial charge in [-0.05, 0) is 24.6 Å². The van der Waals surface area contributed by atoms with Crippen LogP contribution in [0.3, 0.4) is 0 Å². The van der Waals surface area contributed by atoms with Crippen LogP contribution in [0, 0.1) is 6.92 Å². The molecule has 0 aliphatic carbocycles. The van der Waals surface area contributed by atoms with E-state index < -0.39 is 17.9 Å². The predicted molar refractivity (Wildman–Crippen MR) is 112 cm³/mol. The zero-order chi connectivity index (χ0) is 21.3. The first-order valence-corrected chi connectivity index (χ1v) is 9.80. The van der Waals surface area contributed by atoms with Crippen LogP contribution in [-0.2, 0) is 6.61 Å². The summed E-state index contributed by atoms with van der Waals surface area (Å²) in [5.74, 6) is -0.498. The Kier molecular flexibility index (Phi) is 5.53. The van der Waals surface area contributed by atoms with Crippen LogP contribution >= 0.6 is 11.6 Å². The summed E-state index contributed by atoms with van der Waals surface area (Å²) in [5, 5.41) is 11.2. The van der Waals surface area contributed by atoms with Gasteiger partial charge in [0.1, 0.15) is 23.6 Å². The number of imide groups is 1. The highest BCUT2D eigenvalue weighted by molar-refractivity contribution is 6.29. The van der Waals surface area contributed by atoms with Crippen LogP contribution in [0.1, 0.15) is 43.6 Å². The SMILES string of the molecule is Cc1nc(Cl)cc(OCc2ccccc2)c1C(O)CN1C(=O)c2ccccc2C1=O. The fourth-order valence-electron chi connectivity index (χ4n) is 3.55. The minimum atomic E-state index is -1.18. The molecule has 6 nitrogen and oxygen atoms in total. The van der Waals surface area contributed by atoms with E-state index in [1.807, 2.05) is 30.3 Å². The predicted octanol–water partition coefficient (Wildman–Crippen LogP) is 3.95. The van der Waals surface area contributed by atoms with E-state index in [0.29, 0.717) is 28.1 Å². The lowest BCUT2D eigenvalue weighted by atomic mass is 10.1. The molecule has 0 radical (unpaired) electrons. The molecule has 1 N–H and O–H groups in total. The van der Waals surface area contributed by atoms with Gasteiger partial charge in [0.2, 0.25) is 0 Å². The lowest BCUT2D eigenvalue weighted by Crippen LogP contribution is -2.34. The Morgan fingerprint density at radius 1 is 1.03 bits per heavy atom. The monoisotopic (exact) mass is 422 g/mol. The maximum atomic E-state index is 12.6. The smallest absolute Gasteiger partial charge is 0.261 e. The van der Waals surface area contributed by atoms with E-state index in [2.05, 4.69) is 4.98 Å². The van der Waals surface area contributed by atoms with Gasteiger partial charge in [0.05, 0.1) is 17.7 Å². The van der Waals surface area contributed by atoms with Gasteiger partial charge in [-0.3, -0.25) is 14.5 Å². The molecular weight excluding hydrogens is 404 g/mol. The molecule has 1 atom stereocenters. The lowest BCUT2D eigenvalue weighted by molar-refractivity contribution is 0.0537. The number of rotatable bonds is 6. The number of hydrogen-bond acceptors (Lipinski definition) is 5. The Morgan fingerprint density at radius 3 is 2.27 bits per heavy atom. The van der Waals surface area contributed by atoms with E-state index in [4.69, 9.17) is 16.3 Å². The van der Waals surface area contributed by atoms with Crippen molar-refractivity contribution < 1.29 is 19.4 Å². The summed E-state index contributed by atoms with van der Waals surface area (Å²) < 4.78 is 5.91. The highest BCUT2D eigenvalue weighted by Crippen LogP contribution is 2.33. The Bertz CT molecular complexity index is 1080. The molecule has 1 unspecified atom stereocenters. The molecule has 2 aromatic carbocycles. The van der Waals surface area contributed by atoms with Crippen molar-refractivity contribution in [2.24, 2.45) is 0 Å². The Balaban J connectivity index is 1.59. The van der Waals surface area contributed by atoms with Crippen molar-refractivity contribution in [1.82, 2.24) is 9.88 Å². The lowest BCUT2D eigenvalue weighted by Gasteiger charge is -2.22. The van der Waals surface area contributed by atoms with Crippen molar-refractivity contribution in [1.29, 1.82) is 0 Å². The molecule has 4 rings (SSSR count). The number of carbonyl (C=O) groups excluding carboxylic acids is 2. The number of aliphatic hydroxyl groups is 1. The second kappa shape index (κ2) is 8.26. The van der Waals surface area contributed by atoms with Crippen LogP contribution in [0.25, 0.3) is 0 Å². The summed E-state index contributed by atoms with van der Waals surface area (Å²) in [4.78, 5) is 30.5. The van der Waals surface area contributed by atoms with E-state index in [-0.39, 0.29) is 18.3 Å². The quantitative estimate of drug-likeness (QED) is 0.480. The zero-order valence-electron chi connectivity index (χ0n) is 16.2. The summed E-state index contributed by atoms with van der Waals surface area (Å²) in [7, 11) is 0. The van der Waals surface area contributed by atoms with Crippen molar-refractivity contribution in [2.75, 3.05) is 6.54 Å². The molecule has 30 heavy (non-hydrogen) atoms. The average molecular weight is 423 g/mol. The Labute approximate surface area is 178 Å². The molecule has 0 saturated heterocycles. The highest BCUT2D eigenvalue weighted by atomic mass is 35.5. The molecule has 1 aromatic heterocycles. The van der Waals surface area contributed by atoms with Gasteiger partial charge in [-0.1, -0.05) is 54.1 Å². The van der Waals surface area contributed by atoms with Gasteiger partial charge in [0.15, 0.2) is 0 Å². The maximum absolute atomic E-state index is 12.6. The minimum absolute atomic E-state index is 0.210. The van der Waals surface area contributed by atoms with Crippen molar-refractivity contribution in [2.45, 2.75) is 19.6 Å². The van der Waals surface area contributed by atoms with Crippen molar-refractivity contribution in [3.05, 3.63) is 93.8 Å². The summed E-state index contributed by atoms with van der Waals surface area (Å²) in [6.45, 7) is 1.76. The number of ether oxygens (including phenoxy) is 1. The van der Waals surface area contributed by atoms with E-state index in [1.54, 1.807) is 31.2 Å². The summed E-state index contributed by atoms with van der Waals surface area (Å²) in [6.07, 6.45) is -1.18. The third kappa shape index (κ3) is 3.79. The standard InChI is InChI=1S/C23H19ClN2O4/c1-14-21(19(11-20(24)25-14)30-13-15-7-3-2-4-8-15)18(27)12-26-22(28)16-9-5-6-10-17(16)23(26)29/h2-11,18,27H,12-13H2,1H3. The van der Waals surface area contributed by atoms with E-state index in [9.17, 15) is 14.7 Å². The topological polar surface area (TPSA) is 79.7 Å². The number of pyridine rings is 1. The Morgan fingerprint density at radius 2 is 1.63 bits per heavy atom. The molecule has 0 fully saturated rings. The molecule has 2 heterocycles. The summed E-state index contributed by atoms with van der Waals surface area (Å²) in [6, 6.07) is 17.7. The van der Waals surface area contributed by atoms with Crippen LogP contribution in [0.15, 0.2) is 60.7 Å². The summed E-state index contributed by atoms with van der Waals surface area (Å²) in [5.41, 5.74) is 2.48. The first kappa shape index (κ1) is 20.1. The number of β-amino-alcohol motifs (C(OH)–C–C–N with tert-alkyl or cyclic N) is 1. The molecule has 1 aliphatic rings. The van der Waals surface area contributed by atoms with Gasteiger partial charge in [-0.15, -0.1) is 0 Å². The van der Waals surface area contributed by atoms with Crippen LogP contribution in [0.2, 0.25) is 5.15 Å². The molecule has 2 amide bonds. The molecule has 0 bridgehead atoms. The largest absolute Gasteiger partial charge is 0.488 e. The number of aliphatic hydroxyl groups excluding tert-OH is 1. The van der Waals surface area contributed by atoms with Gasteiger partial charge in [-0.2, -0.15) is 0 Å². The van der Waals surface area contributed by atoms with Gasteiger partial charge in [0, 0.05) is 17.3 Å². The number of carbonyl (C=O) groups is 2. The third-order valence-electron chi connectivity index (χ3n) is 4.98. The number of halogens is 1. The normalized spacial score (nSPS) is 14.0. The molecule has 152 valence electrons. The minimum Gasteiger partial charge on any atom is -0.488 e. The van der Waals surface area contributed by atoms with E-state index >= 15 is 0 Å². The van der Waals surface area contributed by atoms with E-state index in [1.165, 1.54) is 6.07 Å². The molecule has 0 spiro atoms.